The largest absolute Gasteiger partial charge is 0.508 e. The van der Waals surface area contributed by atoms with Crippen molar-refractivity contribution in [2.75, 3.05) is 19.6 Å². The van der Waals surface area contributed by atoms with Crippen molar-refractivity contribution in [1.82, 2.24) is 15.1 Å². The monoisotopic (exact) mass is 598 g/mol. The molecule has 3 amide bonds. The Kier molecular flexibility index (Phi) is 9.18. The Morgan fingerprint density at radius 2 is 1.79 bits per heavy atom. The maximum absolute atomic E-state index is 14.0. The third kappa shape index (κ3) is 6.76. The Morgan fingerprint density at radius 1 is 1.02 bits per heavy atom. The lowest BCUT2D eigenvalue weighted by molar-refractivity contribution is -0.141. The molecule has 9 nitrogen and oxygen atoms in total. The fraction of sp³-hybridized carbons (Fsp3) is 0.273. The van der Waals surface area contributed by atoms with Crippen LogP contribution in [0.5, 0.6) is 5.75 Å². The number of hydrogen-bond acceptors (Lipinski definition) is 7. The predicted molar refractivity (Wildman–Crippen MR) is 166 cm³/mol. The van der Waals surface area contributed by atoms with E-state index in [0.29, 0.717) is 24.1 Å². The number of hydrogen-bond donors (Lipinski definition) is 3. The topological polar surface area (TPSA) is 133 Å². The van der Waals surface area contributed by atoms with Crippen LogP contribution in [0, 0.1) is 0 Å². The summed E-state index contributed by atoms with van der Waals surface area (Å²) in [5.74, 6) is -1.19. The van der Waals surface area contributed by atoms with E-state index < -0.39 is 18.0 Å². The first-order chi connectivity index (χ1) is 20.7. The van der Waals surface area contributed by atoms with Gasteiger partial charge in [0.05, 0.1) is 18.2 Å². The Labute approximate surface area is 253 Å². The van der Waals surface area contributed by atoms with E-state index in [-0.39, 0.29) is 49.4 Å². The van der Waals surface area contributed by atoms with Crippen LogP contribution in [-0.2, 0) is 22.6 Å². The lowest BCUT2D eigenvalue weighted by Crippen LogP contribution is -2.57. The highest BCUT2D eigenvalue weighted by Gasteiger charge is 2.35. The molecule has 1 aliphatic rings. The predicted octanol–water partition coefficient (Wildman–Crippen LogP) is 3.74. The third-order valence-electron chi connectivity index (χ3n) is 7.79. The molecule has 1 saturated heterocycles. The number of carbonyl (C=O) groups is 4. The minimum absolute atomic E-state index is 0.0896. The molecule has 4 N–H and O–H groups in total. The molecular formula is C33H34N4O5S. The molecule has 1 aliphatic heterocycles. The molecule has 1 aromatic heterocycles. The smallest absolute Gasteiger partial charge is 0.255 e. The fourth-order valence-electron chi connectivity index (χ4n) is 5.34. The zero-order valence-electron chi connectivity index (χ0n) is 23.9. The summed E-state index contributed by atoms with van der Waals surface area (Å²) in [5.41, 5.74) is 8.21. The van der Waals surface area contributed by atoms with Crippen LogP contribution >= 0.6 is 11.3 Å². The number of rotatable bonds is 7. The van der Waals surface area contributed by atoms with Gasteiger partial charge >= 0.3 is 0 Å². The van der Waals surface area contributed by atoms with Crippen molar-refractivity contribution in [1.29, 1.82) is 0 Å². The Balaban J connectivity index is 1.34. The maximum atomic E-state index is 14.0. The second kappa shape index (κ2) is 13.2. The molecule has 2 atom stereocenters. The van der Waals surface area contributed by atoms with E-state index in [9.17, 15) is 24.3 Å². The molecule has 4 aromatic rings. The van der Waals surface area contributed by atoms with Gasteiger partial charge in [-0.2, -0.15) is 0 Å². The van der Waals surface area contributed by atoms with Crippen LogP contribution in [0.3, 0.4) is 0 Å². The summed E-state index contributed by atoms with van der Waals surface area (Å²) in [7, 11) is 0. The van der Waals surface area contributed by atoms with Gasteiger partial charge in [-0.15, -0.1) is 11.3 Å². The lowest BCUT2D eigenvalue weighted by atomic mass is 10.0. The molecule has 0 spiro atoms. The van der Waals surface area contributed by atoms with E-state index in [1.807, 2.05) is 35.7 Å². The molecule has 0 saturated carbocycles. The van der Waals surface area contributed by atoms with Gasteiger partial charge in [-0.05, 0) is 54.8 Å². The van der Waals surface area contributed by atoms with Crippen LogP contribution in [0.15, 0.2) is 78.2 Å². The average Bonchev–Trinajstić information content (AvgIpc) is 3.45. The molecule has 5 rings (SSSR count). The standard InChI is InChI=1S/C33H34N4O5S/c1-21-29(39)19-36(32(41)27-20-43-30-9-3-2-8-26(27)30)14-5-15-37(21)33(42)28(17-22-10-12-25(38)13-11-22)35-31(40)24-7-4-6-23(16-24)18-34/h2-4,6-13,16,20-21,28,38H,5,14-15,17-19,34H2,1H3,(H,35,40)/t21?,28-/m0/s1. The molecule has 3 aromatic carbocycles. The van der Waals surface area contributed by atoms with Crippen molar-refractivity contribution >= 4 is 44.9 Å². The minimum atomic E-state index is -0.969. The van der Waals surface area contributed by atoms with Crippen LogP contribution in [0.1, 0.15) is 45.2 Å². The molecule has 222 valence electrons. The number of amides is 3. The quantitative estimate of drug-likeness (QED) is 0.297. The maximum Gasteiger partial charge on any atom is 0.255 e. The SMILES string of the molecule is CC1C(=O)CN(C(=O)c2csc3ccccc23)CCCN1C(=O)[C@H](Cc1ccc(O)cc1)NC(=O)c1cccc(CN)c1. The molecule has 1 fully saturated rings. The summed E-state index contributed by atoms with van der Waals surface area (Å²) >= 11 is 1.49. The van der Waals surface area contributed by atoms with E-state index in [1.54, 1.807) is 42.2 Å². The number of benzene rings is 3. The zero-order chi connectivity index (χ0) is 30.5. The van der Waals surface area contributed by atoms with Crippen LogP contribution in [0.2, 0.25) is 0 Å². The first-order valence-electron chi connectivity index (χ1n) is 14.2. The molecule has 0 aliphatic carbocycles. The van der Waals surface area contributed by atoms with E-state index in [0.717, 1.165) is 21.2 Å². The number of Topliss-reactive ketones (excluding diaryl/α,β-unsaturated/α-hetero) is 1. The van der Waals surface area contributed by atoms with Gasteiger partial charge in [0.15, 0.2) is 5.78 Å². The highest BCUT2D eigenvalue weighted by atomic mass is 32.1. The van der Waals surface area contributed by atoms with E-state index in [1.165, 1.54) is 28.4 Å². The molecule has 1 unspecified atom stereocenters. The van der Waals surface area contributed by atoms with Crippen molar-refractivity contribution in [2.24, 2.45) is 5.73 Å². The normalized spacial score (nSPS) is 16.4. The number of nitrogens with zero attached hydrogens (tertiary/aromatic N) is 2. The fourth-order valence-corrected chi connectivity index (χ4v) is 6.27. The van der Waals surface area contributed by atoms with Crippen molar-refractivity contribution in [3.8, 4) is 5.75 Å². The molecule has 10 heteroatoms. The highest BCUT2D eigenvalue weighted by Crippen LogP contribution is 2.27. The van der Waals surface area contributed by atoms with Crippen molar-refractivity contribution in [2.45, 2.75) is 38.4 Å². The molecule has 2 heterocycles. The lowest BCUT2D eigenvalue weighted by Gasteiger charge is -2.36. The van der Waals surface area contributed by atoms with E-state index in [4.69, 9.17) is 5.73 Å². The molecule has 0 bridgehead atoms. The number of fused-ring (bicyclic) bond motifs is 1. The zero-order valence-corrected chi connectivity index (χ0v) is 24.7. The van der Waals surface area contributed by atoms with Crippen LogP contribution in [-0.4, -0.2) is 70.1 Å². The van der Waals surface area contributed by atoms with Gasteiger partial charge < -0.3 is 26.0 Å². The number of ketones is 1. The van der Waals surface area contributed by atoms with E-state index >= 15 is 0 Å². The Bertz CT molecular complexity index is 1650. The van der Waals surface area contributed by atoms with Crippen molar-refractivity contribution < 1.29 is 24.3 Å². The summed E-state index contributed by atoms with van der Waals surface area (Å²) < 4.78 is 1.01. The van der Waals surface area contributed by atoms with Crippen LogP contribution < -0.4 is 11.1 Å². The number of carbonyl (C=O) groups excluding carboxylic acids is 4. The van der Waals surface area contributed by atoms with Gasteiger partial charge in [-0.1, -0.05) is 42.5 Å². The molecular weight excluding hydrogens is 564 g/mol. The van der Waals surface area contributed by atoms with Gasteiger partial charge in [-0.25, -0.2) is 0 Å². The van der Waals surface area contributed by atoms with Crippen LogP contribution in [0.25, 0.3) is 10.1 Å². The number of aromatic hydroxyl groups is 1. The Hall–Kier alpha value is -4.54. The molecule has 0 radical (unpaired) electrons. The van der Waals surface area contributed by atoms with Gasteiger partial charge in [0.2, 0.25) is 5.91 Å². The second-order valence-electron chi connectivity index (χ2n) is 10.7. The summed E-state index contributed by atoms with van der Waals surface area (Å²) in [5, 5.41) is 15.3. The van der Waals surface area contributed by atoms with Gasteiger partial charge in [-0.3, -0.25) is 19.2 Å². The first kappa shape index (κ1) is 29.9. The number of nitrogens with one attached hydrogen (secondary N) is 1. The van der Waals surface area contributed by atoms with Gasteiger partial charge in [0.25, 0.3) is 11.8 Å². The first-order valence-corrected chi connectivity index (χ1v) is 15.1. The second-order valence-corrected chi connectivity index (χ2v) is 11.6. The minimum Gasteiger partial charge on any atom is -0.508 e. The van der Waals surface area contributed by atoms with Gasteiger partial charge in [0, 0.05) is 47.1 Å². The Morgan fingerprint density at radius 3 is 2.56 bits per heavy atom. The summed E-state index contributed by atoms with van der Waals surface area (Å²) in [6, 6.07) is 19.2. The third-order valence-corrected chi connectivity index (χ3v) is 8.76. The highest BCUT2D eigenvalue weighted by molar-refractivity contribution is 7.17. The average molecular weight is 599 g/mol. The number of phenolic OH excluding ortho intramolecular Hbond substituents is 1. The van der Waals surface area contributed by atoms with Crippen molar-refractivity contribution in [3.63, 3.8) is 0 Å². The summed E-state index contributed by atoms with van der Waals surface area (Å²) in [4.78, 5) is 57.3. The number of thiophene rings is 1. The number of phenols is 1. The van der Waals surface area contributed by atoms with Gasteiger partial charge in [0.1, 0.15) is 11.8 Å². The molecule has 43 heavy (non-hydrogen) atoms. The summed E-state index contributed by atoms with van der Waals surface area (Å²) in [6.07, 6.45) is 0.629. The van der Waals surface area contributed by atoms with Crippen molar-refractivity contribution in [3.05, 3.63) is 100 Å². The summed E-state index contributed by atoms with van der Waals surface area (Å²) in [6.45, 7) is 2.37. The number of nitrogens with two attached hydrogens (primary N) is 1. The van der Waals surface area contributed by atoms with Crippen LogP contribution in [0.4, 0.5) is 0 Å². The van der Waals surface area contributed by atoms with E-state index in [2.05, 4.69) is 5.32 Å².